The van der Waals surface area contributed by atoms with Gasteiger partial charge in [-0.2, -0.15) is 0 Å². The van der Waals surface area contributed by atoms with Crippen LogP contribution in [0, 0.1) is 18.3 Å². The van der Waals surface area contributed by atoms with E-state index in [0.29, 0.717) is 13.2 Å². The first-order valence-electron chi connectivity index (χ1n) is 6.58. The van der Waals surface area contributed by atoms with E-state index >= 15 is 0 Å². The second kappa shape index (κ2) is 9.18. The SMILES string of the molecule is C#CCCCNCC(C)C(=O)OCc1ccccc1. The van der Waals surface area contributed by atoms with Crippen LogP contribution < -0.4 is 5.32 Å². The van der Waals surface area contributed by atoms with Crippen molar-refractivity contribution in [2.75, 3.05) is 13.1 Å². The molecule has 19 heavy (non-hydrogen) atoms. The summed E-state index contributed by atoms with van der Waals surface area (Å²) in [5.41, 5.74) is 1.00. The Bertz CT molecular complexity index is 409. The monoisotopic (exact) mass is 259 g/mol. The van der Waals surface area contributed by atoms with Gasteiger partial charge in [-0.05, 0) is 18.5 Å². The fourth-order valence-corrected chi connectivity index (χ4v) is 1.59. The third-order valence-electron chi connectivity index (χ3n) is 2.75. The van der Waals surface area contributed by atoms with Crippen LogP contribution in [0.15, 0.2) is 30.3 Å². The number of carbonyl (C=O) groups is 1. The molecule has 0 aliphatic carbocycles. The van der Waals surface area contributed by atoms with E-state index in [2.05, 4.69) is 11.2 Å². The van der Waals surface area contributed by atoms with Crippen molar-refractivity contribution in [1.82, 2.24) is 5.32 Å². The van der Waals surface area contributed by atoms with Gasteiger partial charge in [0.2, 0.25) is 0 Å². The van der Waals surface area contributed by atoms with Gasteiger partial charge in [0.1, 0.15) is 6.61 Å². The topological polar surface area (TPSA) is 38.3 Å². The molecule has 0 bridgehead atoms. The first-order chi connectivity index (χ1) is 9.24. The van der Waals surface area contributed by atoms with E-state index in [4.69, 9.17) is 11.2 Å². The van der Waals surface area contributed by atoms with E-state index in [9.17, 15) is 4.79 Å². The molecule has 0 spiro atoms. The van der Waals surface area contributed by atoms with Gasteiger partial charge in [-0.25, -0.2) is 0 Å². The number of hydrogen-bond acceptors (Lipinski definition) is 3. The predicted molar refractivity (Wildman–Crippen MR) is 76.3 cm³/mol. The molecule has 0 fully saturated rings. The number of terminal acetylenes is 1. The second-order valence-corrected chi connectivity index (χ2v) is 4.51. The van der Waals surface area contributed by atoms with Crippen molar-refractivity contribution >= 4 is 5.97 Å². The van der Waals surface area contributed by atoms with Crippen molar-refractivity contribution in [3.8, 4) is 12.3 Å². The van der Waals surface area contributed by atoms with Gasteiger partial charge in [0.25, 0.3) is 0 Å². The van der Waals surface area contributed by atoms with Gasteiger partial charge in [0.05, 0.1) is 5.92 Å². The lowest BCUT2D eigenvalue weighted by atomic mass is 10.2. The highest BCUT2D eigenvalue weighted by molar-refractivity contribution is 5.72. The van der Waals surface area contributed by atoms with Crippen LogP contribution in [0.2, 0.25) is 0 Å². The predicted octanol–water partition coefficient (Wildman–Crippen LogP) is 2.37. The minimum Gasteiger partial charge on any atom is -0.461 e. The Morgan fingerprint density at radius 3 is 2.84 bits per heavy atom. The molecule has 0 saturated carbocycles. The van der Waals surface area contributed by atoms with Gasteiger partial charge in [0.15, 0.2) is 0 Å². The smallest absolute Gasteiger partial charge is 0.310 e. The summed E-state index contributed by atoms with van der Waals surface area (Å²) in [7, 11) is 0. The molecule has 0 saturated heterocycles. The normalized spacial score (nSPS) is 11.6. The summed E-state index contributed by atoms with van der Waals surface area (Å²) >= 11 is 0. The molecule has 1 unspecified atom stereocenters. The number of ether oxygens (including phenoxy) is 1. The molecule has 3 nitrogen and oxygen atoms in total. The Kier molecular flexibility index (Phi) is 7.38. The van der Waals surface area contributed by atoms with Crippen molar-refractivity contribution in [2.24, 2.45) is 5.92 Å². The number of rotatable bonds is 8. The third kappa shape index (κ3) is 6.64. The Hall–Kier alpha value is -1.79. The minimum atomic E-state index is -0.173. The van der Waals surface area contributed by atoms with Crippen molar-refractivity contribution in [2.45, 2.75) is 26.4 Å². The van der Waals surface area contributed by atoms with E-state index in [1.54, 1.807) is 0 Å². The zero-order valence-corrected chi connectivity index (χ0v) is 11.4. The molecular formula is C16H21NO2. The van der Waals surface area contributed by atoms with Crippen molar-refractivity contribution in [1.29, 1.82) is 0 Å². The zero-order valence-electron chi connectivity index (χ0n) is 11.4. The lowest BCUT2D eigenvalue weighted by Crippen LogP contribution is -2.28. The van der Waals surface area contributed by atoms with Crippen molar-refractivity contribution in [3.63, 3.8) is 0 Å². The van der Waals surface area contributed by atoms with Gasteiger partial charge in [-0.3, -0.25) is 4.79 Å². The molecule has 1 aromatic carbocycles. The molecule has 0 aliphatic rings. The molecule has 1 rings (SSSR count). The molecule has 102 valence electrons. The van der Waals surface area contributed by atoms with E-state index < -0.39 is 0 Å². The first-order valence-corrected chi connectivity index (χ1v) is 6.58. The van der Waals surface area contributed by atoms with Gasteiger partial charge in [-0.1, -0.05) is 37.3 Å². The lowest BCUT2D eigenvalue weighted by molar-refractivity contribution is -0.149. The van der Waals surface area contributed by atoms with Crippen LogP contribution in [0.5, 0.6) is 0 Å². The standard InChI is InChI=1S/C16H21NO2/c1-3-4-8-11-17-12-14(2)16(18)19-13-15-9-6-5-7-10-15/h1,5-7,9-10,14,17H,4,8,11-13H2,2H3. The highest BCUT2D eigenvalue weighted by Crippen LogP contribution is 2.04. The van der Waals surface area contributed by atoms with Crippen LogP contribution in [0.1, 0.15) is 25.3 Å². The summed E-state index contributed by atoms with van der Waals surface area (Å²) in [6.07, 6.45) is 6.86. The molecular weight excluding hydrogens is 238 g/mol. The molecule has 0 aromatic heterocycles. The number of esters is 1. The number of unbranched alkanes of at least 4 members (excludes halogenated alkanes) is 1. The summed E-state index contributed by atoms with van der Waals surface area (Å²) in [6, 6.07) is 9.68. The third-order valence-corrected chi connectivity index (χ3v) is 2.75. The quantitative estimate of drug-likeness (QED) is 0.442. The molecule has 1 atom stereocenters. The molecule has 0 aliphatic heterocycles. The summed E-state index contributed by atoms with van der Waals surface area (Å²) in [5.74, 6) is 2.27. The molecule has 1 N–H and O–H groups in total. The Labute approximate surface area is 115 Å². The number of benzene rings is 1. The summed E-state index contributed by atoms with van der Waals surface area (Å²) < 4.78 is 5.26. The highest BCUT2D eigenvalue weighted by Gasteiger charge is 2.13. The van der Waals surface area contributed by atoms with Gasteiger partial charge in [0, 0.05) is 13.0 Å². The van der Waals surface area contributed by atoms with Gasteiger partial charge < -0.3 is 10.1 Å². The van der Waals surface area contributed by atoms with Gasteiger partial charge >= 0.3 is 5.97 Å². The largest absolute Gasteiger partial charge is 0.461 e. The Morgan fingerprint density at radius 2 is 2.16 bits per heavy atom. The highest BCUT2D eigenvalue weighted by atomic mass is 16.5. The average Bonchev–Trinajstić information content (AvgIpc) is 2.45. The van der Waals surface area contributed by atoms with Crippen LogP contribution in [0.3, 0.4) is 0 Å². The minimum absolute atomic E-state index is 0.144. The lowest BCUT2D eigenvalue weighted by Gasteiger charge is -2.12. The Balaban J connectivity index is 2.16. The molecule has 1 aromatic rings. The maximum absolute atomic E-state index is 11.7. The average molecular weight is 259 g/mol. The summed E-state index contributed by atoms with van der Waals surface area (Å²) in [4.78, 5) is 11.7. The number of carbonyl (C=O) groups excluding carboxylic acids is 1. The summed E-state index contributed by atoms with van der Waals surface area (Å²) in [5, 5.41) is 3.20. The fourth-order valence-electron chi connectivity index (χ4n) is 1.59. The number of nitrogens with one attached hydrogen (secondary N) is 1. The van der Waals surface area contributed by atoms with E-state index in [1.165, 1.54) is 0 Å². The van der Waals surface area contributed by atoms with Gasteiger partial charge in [-0.15, -0.1) is 12.3 Å². The van der Waals surface area contributed by atoms with Crippen LogP contribution in [0.25, 0.3) is 0 Å². The van der Waals surface area contributed by atoms with E-state index in [0.717, 1.165) is 24.9 Å². The fraction of sp³-hybridized carbons (Fsp3) is 0.438. The Morgan fingerprint density at radius 1 is 1.42 bits per heavy atom. The van der Waals surface area contributed by atoms with Crippen LogP contribution in [-0.2, 0) is 16.1 Å². The van der Waals surface area contributed by atoms with E-state index in [1.807, 2.05) is 37.3 Å². The van der Waals surface area contributed by atoms with E-state index in [-0.39, 0.29) is 11.9 Å². The summed E-state index contributed by atoms with van der Waals surface area (Å²) in [6.45, 7) is 3.65. The maximum Gasteiger partial charge on any atom is 0.310 e. The van der Waals surface area contributed by atoms with Crippen molar-refractivity contribution < 1.29 is 9.53 Å². The van der Waals surface area contributed by atoms with Crippen LogP contribution in [-0.4, -0.2) is 19.1 Å². The zero-order chi connectivity index (χ0) is 13.9. The molecule has 0 heterocycles. The maximum atomic E-state index is 11.7. The van der Waals surface area contributed by atoms with Crippen LogP contribution >= 0.6 is 0 Å². The van der Waals surface area contributed by atoms with Crippen molar-refractivity contribution in [3.05, 3.63) is 35.9 Å². The molecule has 0 radical (unpaired) electrons. The number of hydrogen-bond donors (Lipinski definition) is 1. The molecule has 3 heteroatoms. The molecule has 0 amide bonds. The second-order valence-electron chi connectivity index (χ2n) is 4.51. The van der Waals surface area contributed by atoms with Crippen LogP contribution in [0.4, 0.5) is 0 Å². The first kappa shape index (κ1) is 15.3.